The molecule has 0 saturated carbocycles. The molecule has 1 rings (SSSR count). The van der Waals surface area contributed by atoms with E-state index in [1.807, 2.05) is 6.92 Å². The summed E-state index contributed by atoms with van der Waals surface area (Å²) in [7, 11) is -3.56. The molecule has 3 amide bonds. The van der Waals surface area contributed by atoms with Crippen LogP contribution in [0.5, 0.6) is 0 Å². The predicted molar refractivity (Wildman–Crippen MR) is 97.7 cm³/mol. The zero-order valence-electron chi connectivity index (χ0n) is 16.7. The molecular formula is C16H29N3O8S. The number of rotatable bonds is 9. The minimum Gasteiger partial charge on any atom is -0.465 e. The molecule has 0 aromatic carbocycles. The first-order valence-electron chi connectivity index (χ1n) is 9.01. The maximum Gasteiger partial charge on any atom is 0.421 e. The smallest absolute Gasteiger partial charge is 0.421 e. The van der Waals surface area contributed by atoms with Gasteiger partial charge in [-0.15, -0.1) is 4.28 Å². The van der Waals surface area contributed by atoms with Gasteiger partial charge in [-0.25, -0.2) is 8.98 Å². The number of urea groups is 1. The normalized spacial score (nSPS) is 17.9. The van der Waals surface area contributed by atoms with E-state index in [1.165, 1.54) is 13.8 Å². The topological polar surface area (TPSA) is 146 Å². The van der Waals surface area contributed by atoms with E-state index < -0.39 is 46.4 Å². The summed E-state index contributed by atoms with van der Waals surface area (Å²) in [5.41, 5.74) is 4.06. The van der Waals surface area contributed by atoms with Crippen LogP contribution >= 0.6 is 0 Å². The van der Waals surface area contributed by atoms with Crippen LogP contribution in [0.15, 0.2) is 0 Å². The summed E-state index contributed by atoms with van der Waals surface area (Å²) >= 11 is 0. The Hall–Kier alpha value is -1.92. The van der Waals surface area contributed by atoms with Crippen molar-refractivity contribution in [3.8, 4) is 0 Å². The molecule has 1 aliphatic heterocycles. The third-order valence-electron chi connectivity index (χ3n) is 4.10. The predicted octanol–water partition coefficient (Wildman–Crippen LogP) is 0.550. The van der Waals surface area contributed by atoms with Crippen LogP contribution < -0.4 is 5.73 Å². The van der Waals surface area contributed by atoms with Crippen molar-refractivity contribution in [2.24, 2.45) is 11.1 Å². The van der Waals surface area contributed by atoms with E-state index in [4.69, 9.17) is 14.7 Å². The number of likely N-dealkylation sites (tertiary alicyclic amines) is 1. The second-order valence-electron chi connectivity index (χ2n) is 7.15. The van der Waals surface area contributed by atoms with Crippen LogP contribution in [-0.4, -0.2) is 69.1 Å². The van der Waals surface area contributed by atoms with Crippen LogP contribution in [0.3, 0.4) is 0 Å². The van der Waals surface area contributed by atoms with E-state index in [1.54, 1.807) is 0 Å². The second-order valence-corrected chi connectivity index (χ2v) is 8.35. The van der Waals surface area contributed by atoms with Crippen molar-refractivity contribution >= 4 is 28.3 Å². The summed E-state index contributed by atoms with van der Waals surface area (Å²) in [6.45, 7) is 4.67. The van der Waals surface area contributed by atoms with Gasteiger partial charge in [-0.1, -0.05) is 6.92 Å². The van der Waals surface area contributed by atoms with Gasteiger partial charge in [0.25, 0.3) is 0 Å². The van der Waals surface area contributed by atoms with E-state index >= 15 is 0 Å². The largest absolute Gasteiger partial charge is 0.465 e. The highest BCUT2D eigenvalue weighted by Crippen LogP contribution is 2.21. The Morgan fingerprint density at radius 2 is 1.89 bits per heavy atom. The van der Waals surface area contributed by atoms with Gasteiger partial charge in [-0.2, -0.15) is 13.5 Å². The number of primary amides is 1. The Bertz CT molecular complexity index is 679. The number of hydroxylamine groups is 2. The maximum atomic E-state index is 12.4. The highest BCUT2D eigenvalue weighted by molar-refractivity contribution is 7.81. The Kier molecular flexibility index (Phi) is 8.64. The highest BCUT2D eigenvalue weighted by atomic mass is 32.3. The number of amides is 3. The van der Waals surface area contributed by atoms with Crippen LogP contribution in [0.1, 0.15) is 46.5 Å². The molecule has 0 aromatic rings. The minimum atomic E-state index is -4.63. The lowest BCUT2D eigenvalue weighted by Gasteiger charge is -2.35. The maximum absolute atomic E-state index is 12.4. The molecule has 0 unspecified atom stereocenters. The lowest BCUT2D eigenvalue weighted by molar-refractivity contribution is -0.155. The van der Waals surface area contributed by atoms with Gasteiger partial charge in [0.05, 0.1) is 18.6 Å². The first-order chi connectivity index (χ1) is 12.9. The summed E-state index contributed by atoms with van der Waals surface area (Å²) in [6, 6.07) is -1.67. The van der Waals surface area contributed by atoms with Crippen molar-refractivity contribution in [3.05, 3.63) is 0 Å². The fourth-order valence-corrected chi connectivity index (χ4v) is 3.32. The van der Waals surface area contributed by atoms with Gasteiger partial charge in [-0.3, -0.25) is 9.59 Å². The lowest BCUT2D eigenvalue weighted by Crippen LogP contribution is -2.54. The SMILES string of the molecule is CCCOC(=O)C(C)(C)COS(=O)(=O)ON(C)C(=O)N1CCCC[C@H]1C(N)=O. The third kappa shape index (κ3) is 6.91. The molecule has 28 heavy (non-hydrogen) atoms. The third-order valence-corrected chi connectivity index (χ3v) is 4.92. The van der Waals surface area contributed by atoms with Crippen molar-refractivity contribution in [1.29, 1.82) is 0 Å². The molecule has 1 heterocycles. The molecule has 0 aromatic heterocycles. The standard InChI is InChI=1S/C16H29N3O8S/c1-5-10-25-14(21)16(2,3)11-26-28(23,24)27-18(4)15(22)19-9-7-6-8-12(19)13(17)20/h12H,5-11H2,1-4H3,(H2,17,20)/t12-/m0/s1. The summed E-state index contributed by atoms with van der Waals surface area (Å²) < 4.78 is 38.4. The summed E-state index contributed by atoms with van der Waals surface area (Å²) in [5, 5.41) is 0.457. The first kappa shape index (κ1) is 24.1. The van der Waals surface area contributed by atoms with Crippen molar-refractivity contribution < 1.29 is 36.0 Å². The Labute approximate surface area is 165 Å². The van der Waals surface area contributed by atoms with Gasteiger partial charge in [0, 0.05) is 13.6 Å². The molecule has 2 N–H and O–H groups in total. The molecule has 1 saturated heterocycles. The van der Waals surface area contributed by atoms with Gasteiger partial charge < -0.3 is 15.4 Å². The Morgan fingerprint density at radius 1 is 1.25 bits per heavy atom. The molecule has 0 spiro atoms. The van der Waals surface area contributed by atoms with E-state index in [9.17, 15) is 22.8 Å². The quantitative estimate of drug-likeness (QED) is 0.418. The summed E-state index contributed by atoms with van der Waals surface area (Å²) in [4.78, 5) is 37.0. The van der Waals surface area contributed by atoms with Gasteiger partial charge in [-0.05, 0) is 39.5 Å². The van der Waals surface area contributed by atoms with E-state index in [2.05, 4.69) is 4.28 Å². The highest BCUT2D eigenvalue weighted by Gasteiger charge is 2.36. The second kappa shape index (κ2) is 10.0. The molecule has 0 bridgehead atoms. The molecule has 0 aliphatic carbocycles. The van der Waals surface area contributed by atoms with Gasteiger partial charge >= 0.3 is 22.4 Å². The summed E-state index contributed by atoms with van der Waals surface area (Å²) in [5.74, 6) is -1.29. The molecule has 1 aliphatic rings. The van der Waals surface area contributed by atoms with Crippen molar-refractivity contribution in [3.63, 3.8) is 0 Å². The minimum absolute atomic E-state index is 0.208. The molecular weight excluding hydrogens is 394 g/mol. The van der Waals surface area contributed by atoms with Crippen molar-refractivity contribution in [2.45, 2.75) is 52.5 Å². The number of carbonyl (C=O) groups is 3. The number of carbonyl (C=O) groups excluding carboxylic acids is 3. The van der Waals surface area contributed by atoms with Crippen molar-refractivity contribution in [1.82, 2.24) is 9.96 Å². The van der Waals surface area contributed by atoms with Gasteiger partial charge in [0.1, 0.15) is 6.04 Å². The Balaban J connectivity index is 2.68. The Morgan fingerprint density at radius 3 is 2.46 bits per heavy atom. The molecule has 1 atom stereocenters. The molecule has 0 radical (unpaired) electrons. The number of hydrogen-bond donors (Lipinski definition) is 1. The molecule has 11 nitrogen and oxygen atoms in total. The average molecular weight is 423 g/mol. The average Bonchev–Trinajstić information content (AvgIpc) is 2.63. The number of hydrogen-bond acceptors (Lipinski definition) is 8. The summed E-state index contributed by atoms with van der Waals surface area (Å²) in [6.07, 6.45) is 2.40. The van der Waals surface area contributed by atoms with Crippen LogP contribution in [0.4, 0.5) is 4.79 Å². The zero-order valence-corrected chi connectivity index (χ0v) is 17.5. The zero-order chi connectivity index (χ0) is 21.5. The molecule has 1 fully saturated rings. The monoisotopic (exact) mass is 423 g/mol. The number of ether oxygens (including phenoxy) is 1. The first-order valence-corrected chi connectivity index (χ1v) is 10.3. The van der Waals surface area contributed by atoms with Crippen molar-refractivity contribution in [2.75, 3.05) is 26.8 Å². The number of nitrogens with two attached hydrogens (primary N) is 1. The van der Waals surface area contributed by atoms with E-state index in [0.29, 0.717) is 24.3 Å². The van der Waals surface area contributed by atoms with Crippen LogP contribution in [0, 0.1) is 5.41 Å². The number of piperidine rings is 1. The van der Waals surface area contributed by atoms with Crippen LogP contribution in [-0.2, 0) is 33.2 Å². The number of nitrogens with zero attached hydrogens (tertiary/aromatic N) is 2. The van der Waals surface area contributed by atoms with Crippen LogP contribution in [0.25, 0.3) is 0 Å². The van der Waals surface area contributed by atoms with E-state index in [-0.39, 0.29) is 13.2 Å². The van der Waals surface area contributed by atoms with E-state index in [0.717, 1.165) is 18.4 Å². The fraction of sp³-hybridized carbons (Fsp3) is 0.812. The van der Waals surface area contributed by atoms with Crippen LogP contribution in [0.2, 0.25) is 0 Å². The lowest BCUT2D eigenvalue weighted by atomic mass is 9.95. The number of esters is 1. The van der Waals surface area contributed by atoms with Gasteiger partial charge in [0.2, 0.25) is 5.91 Å². The van der Waals surface area contributed by atoms with Gasteiger partial charge in [0.15, 0.2) is 0 Å². The molecule has 162 valence electrons. The fourth-order valence-electron chi connectivity index (χ4n) is 2.50. The molecule has 12 heteroatoms.